The Morgan fingerprint density at radius 2 is 2.44 bits per heavy atom. The van der Waals surface area contributed by atoms with E-state index in [4.69, 9.17) is 11.6 Å². The van der Waals surface area contributed by atoms with Crippen LogP contribution in [0.5, 0.6) is 0 Å². The molecule has 0 aliphatic carbocycles. The fourth-order valence-electron chi connectivity index (χ4n) is 2.60. The Labute approximate surface area is 119 Å². The summed E-state index contributed by atoms with van der Waals surface area (Å²) in [5.41, 5.74) is 1.17. The molecular formula is C13H22ClN3S. The molecule has 0 bridgehead atoms. The zero-order chi connectivity index (χ0) is 13.0. The molecule has 2 heterocycles. The van der Waals surface area contributed by atoms with Gasteiger partial charge in [0.2, 0.25) is 0 Å². The van der Waals surface area contributed by atoms with Crippen molar-refractivity contribution in [1.82, 2.24) is 15.1 Å². The maximum Gasteiger partial charge on any atom is 0.0834 e. The summed E-state index contributed by atoms with van der Waals surface area (Å²) in [6.07, 6.45) is 6.81. The Morgan fingerprint density at radius 1 is 1.61 bits per heavy atom. The van der Waals surface area contributed by atoms with E-state index in [1.165, 1.54) is 30.7 Å². The van der Waals surface area contributed by atoms with Gasteiger partial charge in [0.25, 0.3) is 0 Å². The average molecular weight is 288 g/mol. The average Bonchev–Trinajstić information content (AvgIpc) is 2.75. The molecule has 2 atom stereocenters. The molecule has 3 nitrogen and oxygen atoms in total. The maximum atomic E-state index is 6.34. The van der Waals surface area contributed by atoms with Crippen molar-refractivity contribution < 1.29 is 0 Å². The van der Waals surface area contributed by atoms with Gasteiger partial charge >= 0.3 is 0 Å². The fraction of sp³-hybridized carbons (Fsp3) is 0.769. The van der Waals surface area contributed by atoms with Gasteiger partial charge in [-0.25, -0.2) is 0 Å². The highest BCUT2D eigenvalue weighted by molar-refractivity contribution is 8.00. The topological polar surface area (TPSA) is 29.9 Å². The van der Waals surface area contributed by atoms with Crippen molar-refractivity contribution in [3.05, 3.63) is 16.9 Å². The molecule has 0 radical (unpaired) electrons. The van der Waals surface area contributed by atoms with Crippen molar-refractivity contribution in [3.8, 4) is 0 Å². The second kappa shape index (κ2) is 6.83. The van der Waals surface area contributed by atoms with Gasteiger partial charge in [0.05, 0.1) is 23.0 Å². The molecule has 18 heavy (non-hydrogen) atoms. The predicted octanol–water partition coefficient (Wildman–Crippen LogP) is 3.49. The maximum absolute atomic E-state index is 6.34. The van der Waals surface area contributed by atoms with Crippen LogP contribution < -0.4 is 5.32 Å². The first kappa shape index (κ1) is 14.2. The van der Waals surface area contributed by atoms with Gasteiger partial charge in [-0.1, -0.05) is 24.9 Å². The summed E-state index contributed by atoms with van der Waals surface area (Å²) < 4.78 is 2.07. The normalized spacial score (nSPS) is 22.1. The Kier molecular flexibility index (Phi) is 5.39. The van der Waals surface area contributed by atoms with Crippen molar-refractivity contribution in [2.75, 3.05) is 12.8 Å². The monoisotopic (exact) mass is 287 g/mol. The zero-order valence-electron chi connectivity index (χ0n) is 11.2. The van der Waals surface area contributed by atoms with Crippen LogP contribution in [0.4, 0.5) is 0 Å². The molecule has 1 fully saturated rings. The molecule has 5 heteroatoms. The zero-order valence-corrected chi connectivity index (χ0v) is 12.7. The van der Waals surface area contributed by atoms with Crippen molar-refractivity contribution in [3.63, 3.8) is 0 Å². The summed E-state index contributed by atoms with van der Waals surface area (Å²) in [4.78, 5) is 0. The summed E-state index contributed by atoms with van der Waals surface area (Å²) in [6.45, 7) is 3.11. The summed E-state index contributed by atoms with van der Waals surface area (Å²) in [7, 11) is 2.03. The van der Waals surface area contributed by atoms with E-state index in [0.29, 0.717) is 11.3 Å². The van der Waals surface area contributed by atoms with Gasteiger partial charge in [-0.15, -0.1) is 0 Å². The van der Waals surface area contributed by atoms with Crippen LogP contribution in [0.3, 0.4) is 0 Å². The van der Waals surface area contributed by atoms with Gasteiger partial charge in [-0.3, -0.25) is 4.68 Å². The van der Waals surface area contributed by atoms with E-state index in [2.05, 4.69) is 33.8 Å². The molecule has 0 saturated carbocycles. The van der Waals surface area contributed by atoms with Crippen LogP contribution in [-0.4, -0.2) is 27.8 Å². The van der Waals surface area contributed by atoms with E-state index in [-0.39, 0.29) is 0 Å². The van der Waals surface area contributed by atoms with Gasteiger partial charge < -0.3 is 5.32 Å². The molecular weight excluding hydrogens is 266 g/mol. The highest BCUT2D eigenvalue weighted by atomic mass is 35.5. The van der Waals surface area contributed by atoms with Gasteiger partial charge in [0.1, 0.15) is 0 Å². The molecule has 1 saturated heterocycles. The lowest BCUT2D eigenvalue weighted by atomic mass is 10.0. The summed E-state index contributed by atoms with van der Waals surface area (Å²) >= 11 is 8.41. The van der Waals surface area contributed by atoms with Crippen molar-refractivity contribution in [2.45, 2.75) is 50.4 Å². The second-order valence-corrected chi connectivity index (χ2v) is 6.53. The highest BCUT2D eigenvalue weighted by Crippen LogP contribution is 2.36. The van der Waals surface area contributed by atoms with Crippen molar-refractivity contribution in [1.29, 1.82) is 0 Å². The van der Waals surface area contributed by atoms with Crippen LogP contribution >= 0.6 is 23.4 Å². The number of aryl methyl sites for hydroxylation is 1. The number of nitrogens with zero attached hydrogens (tertiary/aromatic N) is 2. The van der Waals surface area contributed by atoms with Crippen LogP contribution in [0.25, 0.3) is 0 Å². The minimum Gasteiger partial charge on any atom is -0.311 e. The van der Waals surface area contributed by atoms with Crippen LogP contribution in [0, 0.1) is 0 Å². The molecule has 2 unspecified atom stereocenters. The van der Waals surface area contributed by atoms with E-state index >= 15 is 0 Å². The van der Waals surface area contributed by atoms with Crippen LogP contribution in [0.1, 0.15) is 44.3 Å². The molecule has 102 valence electrons. The number of nitrogens with one attached hydrogen (secondary N) is 1. The number of hydrogen-bond acceptors (Lipinski definition) is 3. The number of aromatic nitrogens is 2. The van der Waals surface area contributed by atoms with Gasteiger partial charge in [0, 0.05) is 11.8 Å². The minimum absolute atomic E-state index is 0.317. The Hall–Kier alpha value is -0.190. The molecule has 2 rings (SSSR count). The Balaban J connectivity index is 2.22. The lowest BCUT2D eigenvalue weighted by molar-refractivity contribution is 0.463. The molecule has 0 amide bonds. The second-order valence-electron chi connectivity index (χ2n) is 4.77. The van der Waals surface area contributed by atoms with E-state index in [1.54, 1.807) is 6.20 Å². The summed E-state index contributed by atoms with van der Waals surface area (Å²) in [5.74, 6) is 1.27. The van der Waals surface area contributed by atoms with Crippen LogP contribution in [-0.2, 0) is 6.54 Å². The molecule has 0 aromatic carbocycles. The molecule has 1 aromatic rings. The first-order valence-corrected chi connectivity index (χ1v) is 8.20. The minimum atomic E-state index is 0.317. The number of rotatable bonds is 5. The largest absolute Gasteiger partial charge is 0.311 e. The smallest absolute Gasteiger partial charge is 0.0834 e. The highest BCUT2D eigenvalue weighted by Gasteiger charge is 2.28. The number of halogens is 1. The third kappa shape index (κ3) is 3.03. The van der Waals surface area contributed by atoms with E-state index in [1.807, 2.05) is 7.05 Å². The third-order valence-corrected chi connectivity index (χ3v) is 5.21. The van der Waals surface area contributed by atoms with Crippen molar-refractivity contribution >= 4 is 23.4 Å². The predicted molar refractivity (Wildman–Crippen MR) is 79.4 cm³/mol. The molecule has 1 aromatic heterocycles. The van der Waals surface area contributed by atoms with Gasteiger partial charge in [-0.2, -0.15) is 16.9 Å². The lowest BCUT2D eigenvalue weighted by Gasteiger charge is -2.30. The third-order valence-electron chi connectivity index (χ3n) is 3.46. The van der Waals surface area contributed by atoms with Gasteiger partial charge in [0.15, 0.2) is 0 Å². The molecule has 0 spiro atoms. The van der Waals surface area contributed by atoms with E-state index in [0.717, 1.165) is 18.0 Å². The number of thioether (sulfide) groups is 1. The SMILES string of the molecule is CCCn1ncc(Cl)c1C(NC)C1CCCCS1. The first-order valence-electron chi connectivity index (χ1n) is 6.78. The Morgan fingerprint density at radius 3 is 3.06 bits per heavy atom. The van der Waals surface area contributed by atoms with Crippen LogP contribution in [0.2, 0.25) is 5.02 Å². The first-order chi connectivity index (χ1) is 8.77. The standard InChI is InChI=1S/C13H22ClN3S/c1-3-7-17-13(10(14)9-16-17)12(15-2)11-6-4-5-8-18-11/h9,11-12,15H,3-8H2,1-2H3. The van der Waals surface area contributed by atoms with Crippen LogP contribution in [0.15, 0.2) is 6.20 Å². The van der Waals surface area contributed by atoms with E-state index < -0.39 is 0 Å². The fourth-order valence-corrected chi connectivity index (χ4v) is 4.32. The quantitative estimate of drug-likeness (QED) is 0.899. The number of hydrogen-bond donors (Lipinski definition) is 1. The molecule has 1 N–H and O–H groups in total. The summed E-state index contributed by atoms with van der Waals surface area (Å²) in [5, 5.41) is 9.27. The Bertz CT molecular complexity index is 374. The molecule has 1 aliphatic heterocycles. The van der Waals surface area contributed by atoms with E-state index in [9.17, 15) is 0 Å². The molecule has 1 aliphatic rings. The summed E-state index contributed by atoms with van der Waals surface area (Å²) in [6, 6.07) is 0.317. The lowest BCUT2D eigenvalue weighted by Crippen LogP contribution is -2.31. The van der Waals surface area contributed by atoms with Crippen molar-refractivity contribution in [2.24, 2.45) is 0 Å². The van der Waals surface area contributed by atoms with Gasteiger partial charge in [-0.05, 0) is 32.1 Å².